The summed E-state index contributed by atoms with van der Waals surface area (Å²) in [6.07, 6.45) is 1.51. The molecule has 1 aliphatic rings. The fraction of sp³-hybridized carbons (Fsp3) is 0.562. The quantitative estimate of drug-likeness (QED) is 0.818. The molecule has 1 aromatic carbocycles. The van der Waals surface area contributed by atoms with Gasteiger partial charge in [-0.25, -0.2) is 12.7 Å². The van der Waals surface area contributed by atoms with Crippen LogP contribution >= 0.6 is 0 Å². The Kier molecular flexibility index (Phi) is 5.97. The van der Waals surface area contributed by atoms with Crippen molar-refractivity contribution in [1.82, 2.24) is 4.31 Å². The number of hydrogen-bond donors (Lipinski definition) is 2. The molecule has 7 nitrogen and oxygen atoms in total. The molecule has 3 N–H and O–H groups in total. The molecule has 1 fully saturated rings. The van der Waals surface area contributed by atoms with E-state index in [9.17, 15) is 13.2 Å². The zero-order chi connectivity index (χ0) is 17.9. The van der Waals surface area contributed by atoms with Gasteiger partial charge in [0, 0.05) is 33.0 Å². The highest BCUT2D eigenvalue weighted by molar-refractivity contribution is 7.89. The first kappa shape index (κ1) is 18.9. The summed E-state index contributed by atoms with van der Waals surface area (Å²) in [6, 6.07) is 4.19. The van der Waals surface area contributed by atoms with Crippen molar-refractivity contribution < 1.29 is 17.9 Å². The molecule has 8 heteroatoms. The monoisotopic (exact) mass is 355 g/mol. The lowest BCUT2D eigenvalue weighted by molar-refractivity contribution is -0.119. The Morgan fingerprint density at radius 3 is 2.54 bits per heavy atom. The van der Waals surface area contributed by atoms with E-state index >= 15 is 0 Å². The Morgan fingerprint density at radius 2 is 1.96 bits per heavy atom. The summed E-state index contributed by atoms with van der Waals surface area (Å²) in [6.45, 7) is 2.94. The largest absolute Gasteiger partial charge is 0.381 e. The molecule has 0 radical (unpaired) electrons. The lowest BCUT2D eigenvalue weighted by Crippen LogP contribution is -2.44. The number of benzene rings is 1. The Balaban J connectivity index is 2.17. The first-order valence-electron chi connectivity index (χ1n) is 7.91. The third-order valence-electron chi connectivity index (χ3n) is 4.29. The number of anilines is 1. The van der Waals surface area contributed by atoms with Gasteiger partial charge in [-0.05, 0) is 43.4 Å². The van der Waals surface area contributed by atoms with Gasteiger partial charge in [-0.1, -0.05) is 6.07 Å². The molecule has 1 heterocycles. The molecule has 0 aromatic heterocycles. The van der Waals surface area contributed by atoms with Crippen LogP contribution in [0.2, 0.25) is 0 Å². The average Bonchev–Trinajstić information content (AvgIpc) is 2.56. The van der Waals surface area contributed by atoms with E-state index in [1.807, 2.05) is 0 Å². The predicted octanol–water partition coefficient (Wildman–Crippen LogP) is 0.938. The second kappa shape index (κ2) is 7.60. The van der Waals surface area contributed by atoms with E-state index < -0.39 is 16.1 Å². The van der Waals surface area contributed by atoms with E-state index in [0.29, 0.717) is 24.5 Å². The number of ether oxygens (including phenoxy) is 1. The fourth-order valence-corrected chi connectivity index (χ4v) is 3.81. The van der Waals surface area contributed by atoms with E-state index in [4.69, 9.17) is 10.5 Å². The molecule has 0 saturated carbocycles. The molecule has 1 unspecified atom stereocenters. The third-order valence-corrected chi connectivity index (χ3v) is 6.25. The van der Waals surface area contributed by atoms with Crippen molar-refractivity contribution in [2.24, 2.45) is 11.7 Å². The smallest absolute Gasteiger partial charge is 0.242 e. The summed E-state index contributed by atoms with van der Waals surface area (Å²) in [4.78, 5) is 12.5. The van der Waals surface area contributed by atoms with Gasteiger partial charge in [-0.2, -0.15) is 0 Å². The number of nitrogens with zero attached hydrogens (tertiary/aromatic N) is 1. The molecule has 0 spiro atoms. The van der Waals surface area contributed by atoms with Crippen LogP contribution in [-0.4, -0.2) is 52.0 Å². The van der Waals surface area contributed by atoms with Gasteiger partial charge >= 0.3 is 0 Å². The molecule has 1 saturated heterocycles. The lowest BCUT2D eigenvalue weighted by atomic mass is 9.92. The summed E-state index contributed by atoms with van der Waals surface area (Å²) in [5.74, 6) is -0.229. The van der Waals surface area contributed by atoms with Crippen molar-refractivity contribution >= 4 is 21.6 Å². The van der Waals surface area contributed by atoms with Gasteiger partial charge in [0.15, 0.2) is 0 Å². The van der Waals surface area contributed by atoms with Gasteiger partial charge in [0.1, 0.15) is 0 Å². The van der Waals surface area contributed by atoms with Gasteiger partial charge in [-0.3, -0.25) is 4.79 Å². The molecule has 1 amide bonds. The van der Waals surface area contributed by atoms with Gasteiger partial charge in [0.05, 0.1) is 10.9 Å². The number of amides is 1. The maximum absolute atomic E-state index is 12.4. The normalized spacial score (nSPS) is 17.7. The molecule has 1 aliphatic heterocycles. The SMILES string of the molecule is Cc1ccc(NC(=O)C(N)C2CCOCC2)cc1S(=O)(=O)N(C)C. The van der Waals surface area contributed by atoms with Crippen molar-refractivity contribution in [1.29, 1.82) is 0 Å². The van der Waals surface area contributed by atoms with Gasteiger partial charge < -0.3 is 15.8 Å². The third kappa shape index (κ3) is 4.13. The van der Waals surface area contributed by atoms with Crippen LogP contribution in [0.1, 0.15) is 18.4 Å². The summed E-state index contributed by atoms with van der Waals surface area (Å²) >= 11 is 0. The topological polar surface area (TPSA) is 102 Å². The predicted molar refractivity (Wildman–Crippen MR) is 92.2 cm³/mol. The van der Waals surface area contributed by atoms with Crippen LogP contribution in [0.25, 0.3) is 0 Å². The maximum atomic E-state index is 12.4. The second-order valence-corrected chi connectivity index (χ2v) is 8.35. The minimum Gasteiger partial charge on any atom is -0.381 e. The average molecular weight is 355 g/mol. The molecule has 134 valence electrons. The summed E-state index contributed by atoms with van der Waals surface area (Å²) in [5.41, 5.74) is 7.09. The molecular weight excluding hydrogens is 330 g/mol. The molecule has 2 rings (SSSR count). The molecule has 0 bridgehead atoms. The minimum atomic E-state index is -3.57. The van der Waals surface area contributed by atoms with Crippen LogP contribution < -0.4 is 11.1 Å². The number of hydrogen-bond acceptors (Lipinski definition) is 5. The molecule has 1 atom stereocenters. The zero-order valence-corrected chi connectivity index (χ0v) is 15.1. The summed E-state index contributed by atoms with van der Waals surface area (Å²) in [7, 11) is -0.626. The van der Waals surface area contributed by atoms with Gasteiger partial charge in [-0.15, -0.1) is 0 Å². The number of rotatable bonds is 5. The van der Waals surface area contributed by atoms with Gasteiger partial charge in [0.2, 0.25) is 15.9 Å². The highest BCUT2D eigenvalue weighted by atomic mass is 32.2. The molecule has 1 aromatic rings. The molecule has 0 aliphatic carbocycles. The number of carbonyl (C=O) groups excluding carboxylic acids is 1. The van der Waals surface area contributed by atoms with Crippen LogP contribution in [0, 0.1) is 12.8 Å². The highest BCUT2D eigenvalue weighted by Gasteiger charge is 2.27. The second-order valence-electron chi connectivity index (χ2n) is 6.23. The number of nitrogens with one attached hydrogen (secondary N) is 1. The lowest BCUT2D eigenvalue weighted by Gasteiger charge is -2.26. The number of nitrogens with two attached hydrogens (primary N) is 1. The van der Waals surface area contributed by atoms with Gasteiger partial charge in [0.25, 0.3) is 0 Å². The van der Waals surface area contributed by atoms with E-state index in [0.717, 1.165) is 17.1 Å². The molecule has 24 heavy (non-hydrogen) atoms. The number of sulfonamides is 1. The first-order valence-corrected chi connectivity index (χ1v) is 9.35. The van der Waals surface area contributed by atoms with Crippen molar-refractivity contribution in [2.75, 3.05) is 32.6 Å². The van der Waals surface area contributed by atoms with Crippen molar-refractivity contribution in [3.8, 4) is 0 Å². The number of carbonyl (C=O) groups is 1. The van der Waals surface area contributed by atoms with Crippen molar-refractivity contribution in [3.63, 3.8) is 0 Å². The Labute approximate surface area is 143 Å². The van der Waals surface area contributed by atoms with Crippen LogP contribution in [0.3, 0.4) is 0 Å². The van der Waals surface area contributed by atoms with E-state index in [2.05, 4.69) is 5.32 Å². The Morgan fingerprint density at radius 1 is 1.33 bits per heavy atom. The Hall–Kier alpha value is -1.48. The number of aryl methyl sites for hydroxylation is 1. The van der Waals surface area contributed by atoms with E-state index in [1.54, 1.807) is 19.1 Å². The standard InChI is InChI=1S/C16H25N3O4S/c1-11-4-5-13(10-14(11)24(21,22)19(2)3)18-16(20)15(17)12-6-8-23-9-7-12/h4-5,10,12,15H,6-9,17H2,1-3H3,(H,18,20). The summed E-state index contributed by atoms with van der Waals surface area (Å²) in [5, 5.41) is 2.73. The van der Waals surface area contributed by atoms with Crippen LogP contribution in [0.15, 0.2) is 23.1 Å². The molecular formula is C16H25N3O4S. The highest BCUT2D eigenvalue weighted by Crippen LogP contribution is 2.23. The maximum Gasteiger partial charge on any atom is 0.242 e. The van der Waals surface area contributed by atoms with Crippen molar-refractivity contribution in [3.05, 3.63) is 23.8 Å². The zero-order valence-electron chi connectivity index (χ0n) is 14.3. The fourth-order valence-electron chi connectivity index (χ4n) is 2.67. The van der Waals surface area contributed by atoms with E-state index in [-0.39, 0.29) is 16.7 Å². The summed E-state index contributed by atoms with van der Waals surface area (Å²) < 4.78 is 31.1. The van der Waals surface area contributed by atoms with Crippen LogP contribution in [0.4, 0.5) is 5.69 Å². The van der Waals surface area contributed by atoms with Crippen LogP contribution in [0.5, 0.6) is 0 Å². The van der Waals surface area contributed by atoms with Crippen LogP contribution in [-0.2, 0) is 19.6 Å². The van der Waals surface area contributed by atoms with Crippen molar-refractivity contribution in [2.45, 2.75) is 30.7 Å². The minimum absolute atomic E-state index is 0.0779. The first-order chi connectivity index (χ1) is 11.2. The van der Waals surface area contributed by atoms with E-state index in [1.165, 1.54) is 20.2 Å². The Bertz CT molecular complexity index is 697.